The number of rotatable bonds is 7. The second-order valence-electron chi connectivity index (χ2n) is 5.21. The third-order valence-corrected chi connectivity index (χ3v) is 3.83. The van der Waals surface area contributed by atoms with E-state index in [1.54, 1.807) is 25.3 Å². The molecule has 134 valence electrons. The number of benzene rings is 2. The molecule has 0 saturated carbocycles. The van der Waals surface area contributed by atoms with Gasteiger partial charge >= 0.3 is 6.03 Å². The number of aryl methyl sites for hydroxylation is 1. The van der Waals surface area contributed by atoms with Crippen LogP contribution in [0.1, 0.15) is 5.56 Å². The molecule has 2 aromatic carbocycles. The van der Waals surface area contributed by atoms with E-state index in [0.29, 0.717) is 41.1 Å². The first kappa shape index (κ1) is 18.7. The van der Waals surface area contributed by atoms with Crippen LogP contribution in [-0.2, 0) is 0 Å². The van der Waals surface area contributed by atoms with E-state index in [0.717, 1.165) is 5.56 Å². The topological polar surface area (TPSA) is 68.8 Å². The van der Waals surface area contributed by atoms with Gasteiger partial charge in [-0.05, 0) is 30.7 Å². The Bertz CT molecular complexity index is 737. The Morgan fingerprint density at radius 1 is 1.12 bits per heavy atom. The van der Waals surface area contributed by atoms with Crippen molar-refractivity contribution in [3.63, 3.8) is 0 Å². The van der Waals surface area contributed by atoms with Gasteiger partial charge in [-0.15, -0.1) is 0 Å². The number of halogens is 1. The Labute approximate surface area is 152 Å². The Morgan fingerprint density at radius 2 is 1.88 bits per heavy atom. The summed E-state index contributed by atoms with van der Waals surface area (Å²) in [6.45, 7) is 2.53. The predicted molar refractivity (Wildman–Crippen MR) is 98.3 cm³/mol. The van der Waals surface area contributed by atoms with Crippen LogP contribution in [-0.4, -0.2) is 33.4 Å². The summed E-state index contributed by atoms with van der Waals surface area (Å²) in [6, 6.07) is 10.3. The second-order valence-corrected chi connectivity index (χ2v) is 5.62. The van der Waals surface area contributed by atoms with Gasteiger partial charge in [0.05, 0.1) is 26.5 Å². The Morgan fingerprint density at radius 3 is 2.60 bits per heavy atom. The van der Waals surface area contributed by atoms with Gasteiger partial charge in [-0.25, -0.2) is 4.79 Å². The van der Waals surface area contributed by atoms with Gasteiger partial charge in [0.1, 0.15) is 23.9 Å². The summed E-state index contributed by atoms with van der Waals surface area (Å²) < 4.78 is 15.9. The molecule has 0 saturated heterocycles. The van der Waals surface area contributed by atoms with Crippen molar-refractivity contribution in [1.82, 2.24) is 5.32 Å². The zero-order valence-corrected chi connectivity index (χ0v) is 15.1. The van der Waals surface area contributed by atoms with Crippen LogP contribution < -0.4 is 24.8 Å². The highest BCUT2D eigenvalue weighted by Gasteiger charge is 2.10. The molecule has 6 nitrogen and oxygen atoms in total. The van der Waals surface area contributed by atoms with E-state index in [4.69, 9.17) is 25.8 Å². The lowest BCUT2D eigenvalue weighted by atomic mass is 10.2. The molecule has 0 radical (unpaired) electrons. The van der Waals surface area contributed by atoms with Crippen molar-refractivity contribution >= 4 is 23.3 Å². The van der Waals surface area contributed by atoms with Crippen molar-refractivity contribution in [2.75, 3.05) is 32.7 Å². The predicted octanol–water partition coefficient (Wildman–Crippen LogP) is 3.87. The highest BCUT2D eigenvalue weighted by molar-refractivity contribution is 6.31. The molecular formula is C18H21ClN2O4. The van der Waals surface area contributed by atoms with E-state index in [-0.39, 0.29) is 6.03 Å². The summed E-state index contributed by atoms with van der Waals surface area (Å²) in [5.41, 5.74) is 1.40. The molecule has 0 spiro atoms. The third kappa shape index (κ3) is 5.46. The van der Waals surface area contributed by atoms with Gasteiger partial charge in [0.15, 0.2) is 0 Å². The number of anilines is 1. The van der Waals surface area contributed by atoms with Crippen LogP contribution in [0.5, 0.6) is 17.2 Å². The van der Waals surface area contributed by atoms with Gasteiger partial charge < -0.3 is 24.8 Å². The molecule has 2 rings (SSSR count). The fraction of sp³-hybridized carbons (Fsp3) is 0.278. The maximum absolute atomic E-state index is 12.0. The zero-order valence-electron chi connectivity index (χ0n) is 14.4. The number of amides is 2. The maximum atomic E-state index is 12.0. The number of hydrogen-bond acceptors (Lipinski definition) is 4. The molecule has 0 aliphatic carbocycles. The van der Waals surface area contributed by atoms with E-state index < -0.39 is 0 Å². The van der Waals surface area contributed by atoms with Gasteiger partial charge in [0.2, 0.25) is 0 Å². The first-order chi connectivity index (χ1) is 12.0. The van der Waals surface area contributed by atoms with E-state index in [1.165, 1.54) is 7.11 Å². The maximum Gasteiger partial charge on any atom is 0.319 e. The number of hydrogen-bond donors (Lipinski definition) is 2. The molecule has 2 amide bonds. The average molecular weight is 365 g/mol. The standard InChI is InChI=1S/C18H21ClN2O4/c1-12-9-16(17(24-3)11-15(12)19)21-18(22)20-7-8-25-14-6-4-5-13(10-14)23-2/h4-6,9-11H,7-8H2,1-3H3,(H2,20,21,22). The molecule has 0 atom stereocenters. The fourth-order valence-electron chi connectivity index (χ4n) is 2.12. The monoisotopic (exact) mass is 364 g/mol. The van der Waals surface area contributed by atoms with E-state index in [2.05, 4.69) is 10.6 Å². The zero-order chi connectivity index (χ0) is 18.2. The van der Waals surface area contributed by atoms with E-state index in [9.17, 15) is 4.79 Å². The quantitative estimate of drug-likeness (QED) is 0.732. The van der Waals surface area contributed by atoms with Gasteiger partial charge in [0.25, 0.3) is 0 Å². The average Bonchev–Trinajstić information content (AvgIpc) is 2.61. The van der Waals surface area contributed by atoms with Crippen LogP contribution in [0.2, 0.25) is 5.02 Å². The lowest BCUT2D eigenvalue weighted by Crippen LogP contribution is -2.32. The van der Waals surface area contributed by atoms with Crippen molar-refractivity contribution < 1.29 is 19.0 Å². The summed E-state index contributed by atoms with van der Waals surface area (Å²) in [5, 5.41) is 6.04. The van der Waals surface area contributed by atoms with Crippen LogP contribution >= 0.6 is 11.6 Å². The smallest absolute Gasteiger partial charge is 0.319 e. The molecule has 2 aromatic rings. The number of urea groups is 1. The minimum atomic E-state index is -0.353. The lowest BCUT2D eigenvalue weighted by molar-refractivity contribution is 0.247. The minimum Gasteiger partial charge on any atom is -0.497 e. The van der Waals surface area contributed by atoms with Crippen LogP contribution in [0, 0.1) is 6.92 Å². The van der Waals surface area contributed by atoms with Gasteiger partial charge in [-0.2, -0.15) is 0 Å². The Balaban J connectivity index is 1.82. The van der Waals surface area contributed by atoms with Crippen molar-refractivity contribution in [1.29, 1.82) is 0 Å². The summed E-state index contributed by atoms with van der Waals surface area (Å²) in [4.78, 5) is 12.0. The number of methoxy groups -OCH3 is 2. The number of ether oxygens (including phenoxy) is 3. The van der Waals surface area contributed by atoms with Gasteiger partial charge in [-0.3, -0.25) is 0 Å². The molecule has 0 aromatic heterocycles. The normalized spacial score (nSPS) is 10.1. The fourth-order valence-corrected chi connectivity index (χ4v) is 2.27. The van der Waals surface area contributed by atoms with E-state index in [1.807, 2.05) is 25.1 Å². The first-order valence-corrected chi connectivity index (χ1v) is 8.07. The summed E-state index contributed by atoms with van der Waals surface area (Å²) in [5.74, 6) is 1.89. The second kappa shape index (κ2) is 9.03. The number of carbonyl (C=O) groups is 1. The van der Waals surface area contributed by atoms with Crippen LogP contribution in [0.15, 0.2) is 36.4 Å². The Hall–Kier alpha value is -2.60. The molecule has 0 heterocycles. The number of carbonyl (C=O) groups excluding carboxylic acids is 1. The van der Waals surface area contributed by atoms with Gasteiger partial charge in [-0.1, -0.05) is 17.7 Å². The lowest BCUT2D eigenvalue weighted by Gasteiger charge is -2.13. The molecule has 0 aliphatic rings. The Kier molecular flexibility index (Phi) is 6.77. The molecule has 2 N–H and O–H groups in total. The molecular weight excluding hydrogens is 344 g/mol. The summed E-state index contributed by atoms with van der Waals surface area (Å²) in [7, 11) is 3.11. The SMILES string of the molecule is COc1cccc(OCCNC(=O)Nc2cc(C)c(Cl)cc2OC)c1. The van der Waals surface area contributed by atoms with Crippen molar-refractivity contribution in [3.8, 4) is 17.2 Å². The van der Waals surface area contributed by atoms with Crippen LogP contribution in [0.25, 0.3) is 0 Å². The molecule has 0 unspecified atom stereocenters. The van der Waals surface area contributed by atoms with Crippen molar-refractivity contribution in [2.45, 2.75) is 6.92 Å². The van der Waals surface area contributed by atoms with Crippen molar-refractivity contribution in [3.05, 3.63) is 47.0 Å². The highest BCUT2D eigenvalue weighted by atomic mass is 35.5. The largest absolute Gasteiger partial charge is 0.497 e. The highest BCUT2D eigenvalue weighted by Crippen LogP contribution is 2.30. The van der Waals surface area contributed by atoms with Crippen molar-refractivity contribution in [2.24, 2.45) is 0 Å². The van der Waals surface area contributed by atoms with E-state index >= 15 is 0 Å². The summed E-state index contributed by atoms with van der Waals surface area (Å²) >= 11 is 6.05. The van der Waals surface area contributed by atoms with Crippen LogP contribution in [0.4, 0.5) is 10.5 Å². The van der Waals surface area contributed by atoms with Crippen LogP contribution in [0.3, 0.4) is 0 Å². The minimum absolute atomic E-state index is 0.331. The van der Waals surface area contributed by atoms with Gasteiger partial charge in [0, 0.05) is 17.2 Å². The molecule has 0 bridgehead atoms. The molecule has 7 heteroatoms. The first-order valence-electron chi connectivity index (χ1n) is 7.69. The molecule has 25 heavy (non-hydrogen) atoms. The summed E-state index contributed by atoms with van der Waals surface area (Å²) in [6.07, 6.45) is 0. The third-order valence-electron chi connectivity index (χ3n) is 3.43. The number of nitrogens with one attached hydrogen (secondary N) is 2. The molecule has 0 fully saturated rings. The molecule has 0 aliphatic heterocycles.